The second-order valence-corrected chi connectivity index (χ2v) is 7.87. The SMILES string of the molecule is CCOC(=O)c1cc(-c2ccccc2)sc1NC(=O)Cc1cn2cccc(C)c2n1. The Morgan fingerprint density at radius 3 is 2.70 bits per heavy atom. The number of rotatable bonds is 6. The Morgan fingerprint density at radius 1 is 1.17 bits per heavy atom. The minimum absolute atomic E-state index is 0.113. The van der Waals surface area contributed by atoms with Crippen LogP contribution in [0.2, 0.25) is 0 Å². The number of fused-ring (bicyclic) bond motifs is 1. The van der Waals surface area contributed by atoms with Gasteiger partial charge in [0.2, 0.25) is 5.91 Å². The van der Waals surface area contributed by atoms with E-state index in [-0.39, 0.29) is 18.9 Å². The van der Waals surface area contributed by atoms with E-state index in [4.69, 9.17) is 4.74 Å². The number of ether oxygens (including phenoxy) is 1. The molecule has 1 amide bonds. The third-order valence-corrected chi connectivity index (χ3v) is 5.71. The van der Waals surface area contributed by atoms with Crippen molar-refractivity contribution < 1.29 is 14.3 Å². The molecule has 3 aromatic heterocycles. The number of hydrogen-bond acceptors (Lipinski definition) is 5. The zero-order chi connectivity index (χ0) is 21.1. The Morgan fingerprint density at radius 2 is 1.97 bits per heavy atom. The lowest BCUT2D eigenvalue weighted by Crippen LogP contribution is -2.16. The zero-order valence-corrected chi connectivity index (χ0v) is 17.5. The van der Waals surface area contributed by atoms with Crippen molar-refractivity contribution in [3.05, 3.63) is 77.7 Å². The number of carbonyl (C=O) groups excluding carboxylic acids is 2. The first kappa shape index (κ1) is 19.8. The molecule has 30 heavy (non-hydrogen) atoms. The summed E-state index contributed by atoms with van der Waals surface area (Å²) in [6.07, 6.45) is 3.86. The van der Waals surface area contributed by atoms with Crippen molar-refractivity contribution >= 4 is 33.9 Å². The van der Waals surface area contributed by atoms with Crippen LogP contribution in [0.15, 0.2) is 60.9 Å². The minimum Gasteiger partial charge on any atom is -0.462 e. The molecular weight excluding hydrogens is 398 g/mol. The summed E-state index contributed by atoms with van der Waals surface area (Å²) in [7, 11) is 0. The number of pyridine rings is 1. The number of nitrogens with zero attached hydrogens (tertiary/aromatic N) is 2. The Balaban J connectivity index is 1.58. The molecule has 1 N–H and O–H groups in total. The minimum atomic E-state index is -0.449. The summed E-state index contributed by atoms with van der Waals surface area (Å²) in [5, 5.41) is 3.36. The van der Waals surface area contributed by atoms with Gasteiger partial charge in [0.1, 0.15) is 10.6 Å². The van der Waals surface area contributed by atoms with Crippen molar-refractivity contribution in [2.24, 2.45) is 0 Å². The van der Waals surface area contributed by atoms with Gasteiger partial charge in [-0.1, -0.05) is 36.4 Å². The highest BCUT2D eigenvalue weighted by atomic mass is 32.1. The summed E-state index contributed by atoms with van der Waals surface area (Å²) in [5.41, 5.74) is 3.87. The first-order valence-corrected chi connectivity index (χ1v) is 10.5. The third-order valence-electron chi connectivity index (χ3n) is 4.61. The number of nitrogens with one attached hydrogen (secondary N) is 1. The summed E-state index contributed by atoms with van der Waals surface area (Å²) >= 11 is 1.35. The van der Waals surface area contributed by atoms with Gasteiger partial charge in [-0.2, -0.15) is 0 Å². The van der Waals surface area contributed by atoms with Gasteiger partial charge in [0, 0.05) is 17.3 Å². The molecule has 1 aromatic carbocycles. The van der Waals surface area contributed by atoms with Gasteiger partial charge in [-0.15, -0.1) is 11.3 Å². The number of carbonyl (C=O) groups is 2. The lowest BCUT2D eigenvalue weighted by molar-refractivity contribution is -0.115. The number of benzene rings is 1. The lowest BCUT2D eigenvalue weighted by atomic mass is 10.1. The Kier molecular flexibility index (Phi) is 5.63. The van der Waals surface area contributed by atoms with Crippen LogP contribution in [0.3, 0.4) is 0 Å². The number of imidazole rings is 1. The quantitative estimate of drug-likeness (QED) is 0.459. The average molecular weight is 420 g/mol. The van der Waals surface area contributed by atoms with Crippen LogP contribution < -0.4 is 5.32 Å². The van der Waals surface area contributed by atoms with Crippen molar-refractivity contribution in [1.82, 2.24) is 9.38 Å². The van der Waals surface area contributed by atoms with Gasteiger partial charge in [-0.3, -0.25) is 4.79 Å². The number of hydrogen-bond donors (Lipinski definition) is 1. The molecule has 4 rings (SSSR count). The maximum absolute atomic E-state index is 12.7. The molecule has 0 saturated heterocycles. The number of amides is 1. The van der Waals surface area contributed by atoms with Gasteiger partial charge in [0.15, 0.2) is 0 Å². The molecule has 0 aliphatic heterocycles. The standard InChI is InChI=1S/C23H21N3O3S/c1-3-29-23(28)18-13-19(16-9-5-4-6-10-16)30-22(18)25-20(27)12-17-14-26-11-7-8-15(2)21(26)24-17/h4-11,13-14H,3,12H2,1-2H3,(H,25,27). The second-order valence-electron chi connectivity index (χ2n) is 6.82. The van der Waals surface area contributed by atoms with Crippen molar-refractivity contribution in [2.45, 2.75) is 20.3 Å². The molecule has 0 fully saturated rings. The molecule has 0 radical (unpaired) electrons. The van der Waals surface area contributed by atoms with Crippen molar-refractivity contribution in [3.8, 4) is 10.4 Å². The fourth-order valence-electron chi connectivity index (χ4n) is 3.21. The third kappa shape index (κ3) is 4.11. The molecule has 0 aliphatic rings. The van der Waals surface area contributed by atoms with E-state index in [9.17, 15) is 9.59 Å². The van der Waals surface area contributed by atoms with Crippen LogP contribution in [0, 0.1) is 6.92 Å². The van der Waals surface area contributed by atoms with E-state index in [1.807, 2.05) is 66.2 Å². The van der Waals surface area contributed by atoms with E-state index in [0.29, 0.717) is 16.3 Å². The predicted molar refractivity (Wildman–Crippen MR) is 118 cm³/mol. The Bertz CT molecular complexity index is 1210. The fraction of sp³-hybridized carbons (Fsp3) is 0.174. The van der Waals surface area contributed by atoms with E-state index in [1.54, 1.807) is 13.0 Å². The van der Waals surface area contributed by atoms with Crippen LogP contribution in [-0.2, 0) is 16.0 Å². The van der Waals surface area contributed by atoms with Crippen molar-refractivity contribution in [1.29, 1.82) is 0 Å². The maximum Gasteiger partial charge on any atom is 0.341 e. The van der Waals surface area contributed by atoms with Gasteiger partial charge >= 0.3 is 5.97 Å². The fourth-order valence-corrected chi connectivity index (χ4v) is 4.28. The summed E-state index contributed by atoms with van der Waals surface area (Å²) < 4.78 is 7.07. The largest absolute Gasteiger partial charge is 0.462 e. The topological polar surface area (TPSA) is 72.7 Å². The molecule has 3 heterocycles. The predicted octanol–water partition coefficient (Wildman–Crippen LogP) is 4.73. The molecule has 7 heteroatoms. The lowest BCUT2D eigenvalue weighted by Gasteiger charge is -2.05. The molecule has 0 spiro atoms. The number of thiophene rings is 1. The summed E-state index contributed by atoms with van der Waals surface area (Å²) in [6, 6.07) is 15.4. The monoisotopic (exact) mass is 419 g/mol. The number of aryl methyl sites for hydroxylation is 1. The number of aromatic nitrogens is 2. The van der Waals surface area contributed by atoms with Gasteiger partial charge in [0.25, 0.3) is 0 Å². The second kappa shape index (κ2) is 8.51. The van der Waals surface area contributed by atoms with Crippen molar-refractivity contribution in [3.63, 3.8) is 0 Å². The first-order valence-electron chi connectivity index (χ1n) is 9.64. The van der Waals surface area contributed by atoms with Gasteiger partial charge in [-0.05, 0) is 37.1 Å². The highest BCUT2D eigenvalue weighted by Crippen LogP contribution is 2.36. The molecule has 152 valence electrons. The average Bonchev–Trinajstić information content (AvgIpc) is 3.33. The van der Waals surface area contributed by atoms with E-state index >= 15 is 0 Å². The summed E-state index contributed by atoms with van der Waals surface area (Å²) in [6.45, 7) is 4.00. The van der Waals surface area contributed by atoms with E-state index in [2.05, 4.69) is 10.3 Å². The molecule has 0 aliphatic carbocycles. The van der Waals surface area contributed by atoms with E-state index in [1.165, 1.54) is 11.3 Å². The first-order chi connectivity index (χ1) is 14.5. The van der Waals surface area contributed by atoms with Gasteiger partial charge in [0.05, 0.1) is 24.3 Å². The van der Waals surface area contributed by atoms with Crippen LogP contribution in [0.1, 0.15) is 28.5 Å². The summed E-state index contributed by atoms with van der Waals surface area (Å²) in [4.78, 5) is 30.6. The van der Waals surface area contributed by atoms with Crippen molar-refractivity contribution in [2.75, 3.05) is 11.9 Å². The van der Waals surface area contributed by atoms with Crippen LogP contribution in [0.5, 0.6) is 0 Å². The normalized spacial score (nSPS) is 10.9. The molecule has 0 unspecified atom stereocenters. The summed E-state index contributed by atoms with van der Waals surface area (Å²) in [5.74, 6) is -0.683. The zero-order valence-electron chi connectivity index (χ0n) is 16.7. The molecular formula is C23H21N3O3S. The molecule has 4 aromatic rings. The highest BCUT2D eigenvalue weighted by molar-refractivity contribution is 7.20. The molecule has 0 saturated carbocycles. The van der Waals surface area contributed by atoms with Gasteiger partial charge in [-0.25, -0.2) is 9.78 Å². The van der Waals surface area contributed by atoms with E-state index < -0.39 is 5.97 Å². The van der Waals surface area contributed by atoms with Crippen LogP contribution in [0.4, 0.5) is 5.00 Å². The highest BCUT2D eigenvalue weighted by Gasteiger charge is 2.20. The Hall–Kier alpha value is -3.45. The molecule has 0 bridgehead atoms. The van der Waals surface area contributed by atoms with E-state index in [0.717, 1.165) is 21.7 Å². The van der Waals surface area contributed by atoms with Crippen LogP contribution >= 0.6 is 11.3 Å². The number of esters is 1. The maximum atomic E-state index is 12.7. The van der Waals surface area contributed by atoms with Gasteiger partial charge < -0.3 is 14.5 Å². The number of anilines is 1. The molecule has 0 atom stereocenters. The van der Waals surface area contributed by atoms with Crippen LogP contribution in [0.25, 0.3) is 16.1 Å². The van der Waals surface area contributed by atoms with Crippen LogP contribution in [-0.4, -0.2) is 27.9 Å². The smallest absolute Gasteiger partial charge is 0.341 e. The Labute approximate surface area is 178 Å². The molecule has 6 nitrogen and oxygen atoms in total.